The van der Waals surface area contributed by atoms with Crippen LogP contribution in [-0.4, -0.2) is 43.0 Å². The maximum absolute atomic E-state index is 10.9. The highest BCUT2D eigenvalue weighted by Gasteiger charge is 2.25. The molecule has 0 saturated carbocycles. The number of rotatable bonds is 5. The minimum Gasteiger partial charge on any atom is -0.370 e. The molecule has 2 rings (SSSR count). The number of carbonyl (C=O) groups excluding carboxylic acids is 1. The minimum absolute atomic E-state index is 0. The number of nitrogens with zero attached hydrogens (tertiary/aromatic N) is 2. The van der Waals surface area contributed by atoms with E-state index in [9.17, 15) is 4.79 Å². The summed E-state index contributed by atoms with van der Waals surface area (Å²) in [5, 5.41) is 0. The monoisotopic (exact) mass is 375 g/mol. The summed E-state index contributed by atoms with van der Waals surface area (Å²) in [5.74, 6) is -0.197. The predicted molar refractivity (Wildman–Crippen MR) is 107 cm³/mol. The number of hydrogen-bond acceptors (Lipinski definition) is 3. The van der Waals surface area contributed by atoms with E-state index >= 15 is 0 Å². The predicted octanol–water partition coefficient (Wildman–Crippen LogP) is 3.23. The van der Waals surface area contributed by atoms with E-state index in [1.54, 1.807) is 0 Å². The molecule has 1 atom stereocenters. The Kier molecular flexibility index (Phi) is 9.71. The van der Waals surface area contributed by atoms with Gasteiger partial charge in [-0.05, 0) is 51.8 Å². The normalized spacial score (nSPS) is 17.8. The van der Waals surface area contributed by atoms with Crippen LogP contribution in [0.1, 0.15) is 36.5 Å². The summed E-state index contributed by atoms with van der Waals surface area (Å²) in [5.41, 5.74) is 10.7. The van der Waals surface area contributed by atoms with Crippen molar-refractivity contribution in [3.63, 3.8) is 0 Å². The van der Waals surface area contributed by atoms with Gasteiger partial charge in [0.2, 0.25) is 5.91 Å². The maximum atomic E-state index is 10.9. The number of nitrogens with two attached hydrogens (primary N) is 1. The van der Waals surface area contributed by atoms with Crippen LogP contribution in [0.25, 0.3) is 0 Å². The van der Waals surface area contributed by atoms with E-state index < -0.39 is 0 Å². The van der Waals surface area contributed by atoms with Crippen molar-refractivity contribution in [2.24, 2.45) is 5.73 Å². The highest BCUT2D eigenvalue weighted by Crippen LogP contribution is 2.28. The number of anilines is 1. The van der Waals surface area contributed by atoms with Crippen LogP contribution >= 0.6 is 24.8 Å². The van der Waals surface area contributed by atoms with E-state index in [0.29, 0.717) is 12.5 Å². The smallest absolute Gasteiger partial charge is 0.217 e. The molecule has 1 aliphatic heterocycles. The average Bonchev–Trinajstić information content (AvgIpc) is 2.39. The zero-order chi connectivity index (χ0) is 16.3. The number of aryl methyl sites for hydroxylation is 3. The Bertz CT molecular complexity index is 528. The molecule has 0 aliphatic carbocycles. The summed E-state index contributed by atoms with van der Waals surface area (Å²) in [6.45, 7) is 12.9. The summed E-state index contributed by atoms with van der Waals surface area (Å²) in [7, 11) is 0. The van der Waals surface area contributed by atoms with Gasteiger partial charge < -0.3 is 10.6 Å². The fourth-order valence-electron chi connectivity index (χ4n) is 3.66. The van der Waals surface area contributed by atoms with Crippen molar-refractivity contribution in [3.8, 4) is 0 Å². The van der Waals surface area contributed by atoms with Gasteiger partial charge in [0.1, 0.15) is 0 Å². The van der Waals surface area contributed by atoms with Gasteiger partial charge >= 0.3 is 0 Å². The molecular formula is C18H31Cl2N3O. The van der Waals surface area contributed by atoms with E-state index in [4.69, 9.17) is 5.73 Å². The third-order valence-corrected chi connectivity index (χ3v) is 4.59. The summed E-state index contributed by atoms with van der Waals surface area (Å²) >= 11 is 0. The standard InChI is InChI=1S/C18H29N3O.2ClH/c1-13-10-14(2)18(15(3)11-13)21-9-8-20(16(4)12-21)7-5-6-17(19)22;;/h10-11,16H,5-9,12H2,1-4H3,(H2,19,22);2*1H. The molecule has 0 bridgehead atoms. The second kappa shape index (κ2) is 10.1. The van der Waals surface area contributed by atoms with Crippen molar-refractivity contribution in [2.75, 3.05) is 31.1 Å². The van der Waals surface area contributed by atoms with E-state index in [-0.39, 0.29) is 30.7 Å². The molecule has 1 fully saturated rings. The summed E-state index contributed by atoms with van der Waals surface area (Å²) in [6.07, 6.45) is 1.35. The molecule has 0 spiro atoms. The first-order valence-electron chi connectivity index (χ1n) is 8.23. The molecule has 0 aromatic heterocycles. The first-order valence-corrected chi connectivity index (χ1v) is 8.23. The number of halogens is 2. The summed E-state index contributed by atoms with van der Waals surface area (Å²) in [6, 6.07) is 5.04. The zero-order valence-corrected chi connectivity index (χ0v) is 16.8. The highest BCUT2D eigenvalue weighted by molar-refractivity contribution is 5.85. The van der Waals surface area contributed by atoms with Crippen LogP contribution in [0.15, 0.2) is 12.1 Å². The topological polar surface area (TPSA) is 49.6 Å². The van der Waals surface area contributed by atoms with Gasteiger partial charge in [0.15, 0.2) is 0 Å². The van der Waals surface area contributed by atoms with Crippen molar-refractivity contribution in [2.45, 2.75) is 46.6 Å². The fraction of sp³-hybridized carbons (Fsp3) is 0.611. The lowest BCUT2D eigenvalue weighted by Crippen LogP contribution is -2.52. The SMILES string of the molecule is Cc1cc(C)c(N2CCN(CCCC(N)=O)C(C)C2)c(C)c1.Cl.Cl. The Balaban J connectivity index is 0.00000264. The van der Waals surface area contributed by atoms with Crippen LogP contribution in [0.3, 0.4) is 0 Å². The number of amides is 1. The van der Waals surface area contributed by atoms with Gasteiger partial charge in [0.05, 0.1) is 0 Å². The lowest BCUT2D eigenvalue weighted by atomic mass is 10.0. The Morgan fingerprint density at radius 3 is 2.25 bits per heavy atom. The van der Waals surface area contributed by atoms with Gasteiger partial charge in [-0.1, -0.05) is 17.7 Å². The van der Waals surface area contributed by atoms with Crippen LogP contribution in [0.2, 0.25) is 0 Å². The van der Waals surface area contributed by atoms with Gasteiger partial charge in [-0.3, -0.25) is 9.69 Å². The number of primary amides is 1. The van der Waals surface area contributed by atoms with Crippen molar-refractivity contribution in [1.82, 2.24) is 4.90 Å². The number of carbonyl (C=O) groups is 1. The van der Waals surface area contributed by atoms with Gasteiger partial charge in [-0.15, -0.1) is 24.8 Å². The first kappa shape index (κ1) is 23.0. The molecule has 0 radical (unpaired) electrons. The molecule has 1 aromatic rings. The Morgan fingerprint density at radius 2 is 1.75 bits per heavy atom. The first-order chi connectivity index (χ1) is 10.4. The van der Waals surface area contributed by atoms with E-state index in [1.165, 1.54) is 22.4 Å². The van der Waals surface area contributed by atoms with Crippen LogP contribution in [0, 0.1) is 20.8 Å². The van der Waals surface area contributed by atoms with Crippen LogP contribution in [0.5, 0.6) is 0 Å². The molecule has 1 unspecified atom stereocenters. The molecule has 138 valence electrons. The van der Waals surface area contributed by atoms with E-state index in [0.717, 1.165) is 32.6 Å². The molecule has 4 nitrogen and oxygen atoms in total. The fourth-order valence-corrected chi connectivity index (χ4v) is 3.66. The van der Waals surface area contributed by atoms with Crippen LogP contribution < -0.4 is 10.6 Å². The lowest BCUT2D eigenvalue weighted by Gasteiger charge is -2.42. The molecule has 1 heterocycles. The van der Waals surface area contributed by atoms with Gasteiger partial charge in [-0.2, -0.15) is 0 Å². The molecule has 1 aliphatic rings. The summed E-state index contributed by atoms with van der Waals surface area (Å²) < 4.78 is 0. The molecule has 1 aromatic carbocycles. The van der Waals surface area contributed by atoms with Gasteiger partial charge in [-0.25, -0.2) is 0 Å². The molecule has 2 N–H and O–H groups in total. The molecule has 24 heavy (non-hydrogen) atoms. The minimum atomic E-state index is -0.197. The molecule has 6 heteroatoms. The van der Waals surface area contributed by atoms with Crippen molar-refractivity contribution < 1.29 is 4.79 Å². The van der Waals surface area contributed by atoms with Crippen LogP contribution in [-0.2, 0) is 4.79 Å². The zero-order valence-electron chi connectivity index (χ0n) is 15.2. The lowest BCUT2D eigenvalue weighted by molar-refractivity contribution is -0.118. The quantitative estimate of drug-likeness (QED) is 0.859. The number of piperazine rings is 1. The Hall–Kier alpha value is -0.970. The molecule has 1 amide bonds. The Labute approximate surface area is 158 Å². The van der Waals surface area contributed by atoms with Crippen molar-refractivity contribution >= 4 is 36.4 Å². The van der Waals surface area contributed by atoms with Gasteiger partial charge in [0, 0.05) is 37.8 Å². The summed E-state index contributed by atoms with van der Waals surface area (Å²) in [4.78, 5) is 15.8. The Morgan fingerprint density at radius 1 is 1.17 bits per heavy atom. The number of hydrogen-bond donors (Lipinski definition) is 1. The van der Waals surface area contributed by atoms with Crippen molar-refractivity contribution in [3.05, 3.63) is 28.8 Å². The number of benzene rings is 1. The van der Waals surface area contributed by atoms with Crippen molar-refractivity contribution in [1.29, 1.82) is 0 Å². The average molecular weight is 376 g/mol. The highest BCUT2D eigenvalue weighted by atomic mass is 35.5. The maximum Gasteiger partial charge on any atom is 0.217 e. The second-order valence-corrected chi connectivity index (χ2v) is 6.65. The van der Waals surface area contributed by atoms with E-state index in [1.807, 2.05) is 0 Å². The van der Waals surface area contributed by atoms with E-state index in [2.05, 4.69) is 49.6 Å². The molecular weight excluding hydrogens is 345 g/mol. The van der Waals surface area contributed by atoms with Crippen LogP contribution in [0.4, 0.5) is 5.69 Å². The second-order valence-electron chi connectivity index (χ2n) is 6.65. The third-order valence-electron chi connectivity index (χ3n) is 4.59. The largest absolute Gasteiger partial charge is 0.370 e. The molecule has 1 saturated heterocycles. The van der Waals surface area contributed by atoms with Gasteiger partial charge in [0.25, 0.3) is 0 Å². The third kappa shape index (κ3) is 5.83.